The SMILES string of the molecule is CO[Si](C)(O)O[Si]1(C)O[Si](C)(O[Si](C)(O)OC)O1. The van der Waals surface area contributed by atoms with Crippen molar-refractivity contribution in [2.24, 2.45) is 0 Å². The van der Waals surface area contributed by atoms with Gasteiger partial charge in [0.1, 0.15) is 0 Å². The Morgan fingerprint density at radius 2 is 1.11 bits per heavy atom. The third-order valence-corrected chi connectivity index (χ3v) is 15.7. The van der Waals surface area contributed by atoms with Gasteiger partial charge in [0.05, 0.1) is 0 Å². The molecule has 0 amide bonds. The largest absolute Gasteiger partial charge is 0.487 e. The zero-order valence-electron chi connectivity index (χ0n) is 11.3. The van der Waals surface area contributed by atoms with Crippen molar-refractivity contribution in [2.45, 2.75) is 26.2 Å². The lowest BCUT2D eigenvalue weighted by Gasteiger charge is -2.49. The van der Waals surface area contributed by atoms with Gasteiger partial charge in [0, 0.05) is 40.4 Å². The quantitative estimate of drug-likeness (QED) is 0.636. The maximum absolute atomic E-state index is 9.75. The molecule has 1 rings (SSSR count). The lowest BCUT2D eigenvalue weighted by atomic mass is 11.8. The lowest BCUT2D eigenvalue weighted by molar-refractivity contribution is 0.0427. The molecular weight excluding hydrogens is 312 g/mol. The first-order valence-electron chi connectivity index (χ1n) is 5.30. The Hall–Kier alpha value is 0.548. The van der Waals surface area contributed by atoms with Crippen molar-refractivity contribution in [3.05, 3.63) is 0 Å². The van der Waals surface area contributed by atoms with Gasteiger partial charge in [-0.1, -0.05) is 0 Å². The Morgan fingerprint density at radius 1 is 0.833 bits per heavy atom. The van der Waals surface area contributed by atoms with Gasteiger partial charge in [-0.2, -0.15) is 0 Å². The van der Waals surface area contributed by atoms with Crippen LogP contribution in [-0.4, -0.2) is 59.0 Å². The molecule has 1 saturated heterocycles. The monoisotopic (exact) mass is 332 g/mol. The summed E-state index contributed by atoms with van der Waals surface area (Å²) in [7, 11) is -9.56. The summed E-state index contributed by atoms with van der Waals surface area (Å²) >= 11 is 0. The van der Waals surface area contributed by atoms with Crippen LogP contribution in [0.5, 0.6) is 0 Å². The third-order valence-electron chi connectivity index (χ3n) is 2.25. The fourth-order valence-corrected chi connectivity index (χ4v) is 15.3. The molecule has 8 nitrogen and oxygen atoms in total. The predicted molar refractivity (Wildman–Crippen MR) is 69.3 cm³/mol. The Bertz CT molecular complexity index is 276. The molecule has 0 aromatic heterocycles. The fraction of sp³-hybridized carbons (Fsp3) is 1.00. The maximum Gasteiger partial charge on any atom is 0.487 e. The molecule has 1 aliphatic heterocycles. The van der Waals surface area contributed by atoms with Gasteiger partial charge in [-0.05, 0) is 0 Å². The zero-order valence-corrected chi connectivity index (χ0v) is 15.3. The van der Waals surface area contributed by atoms with Crippen LogP contribution in [0.25, 0.3) is 0 Å². The van der Waals surface area contributed by atoms with Crippen LogP contribution >= 0.6 is 0 Å². The van der Waals surface area contributed by atoms with Gasteiger partial charge in [0.2, 0.25) is 0 Å². The van der Waals surface area contributed by atoms with Crippen LogP contribution in [0, 0.1) is 0 Å². The van der Waals surface area contributed by atoms with Crippen molar-refractivity contribution in [1.82, 2.24) is 0 Å². The molecule has 12 heteroatoms. The molecular formula is C6H20O8Si4. The van der Waals surface area contributed by atoms with Crippen LogP contribution in [0.2, 0.25) is 26.2 Å². The van der Waals surface area contributed by atoms with Crippen LogP contribution in [0.15, 0.2) is 0 Å². The Balaban J connectivity index is 2.56. The van der Waals surface area contributed by atoms with Gasteiger partial charge in [0.25, 0.3) is 0 Å². The predicted octanol–water partition coefficient (Wildman–Crippen LogP) is -0.381. The van der Waals surface area contributed by atoms with Crippen LogP contribution < -0.4 is 0 Å². The highest BCUT2D eigenvalue weighted by Gasteiger charge is 2.66. The molecule has 0 aromatic carbocycles. The van der Waals surface area contributed by atoms with Gasteiger partial charge in [-0.3, -0.25) is 0 Å². The van der Waals surface area contributed by atoms with E-state index in [0.717, 1.165) is 0 Å². The van der Waals surface area contributed by atoms with E-state index in [4.69, 9.17) is 25.3 Å². The highest BCUT2D eigenvalue weighted by atomic mass is 28.6. The molecule has 1 fully saturated rings. The first-order valence-corrected chi connectivity index (χ1v) is 14.3. The summed E-state index contributed by atoms with van der Waals surface area (Å²) in [5.74, 6) is 0. The average Bonchev–Trinajstić information content (AvgIpc) is 2.13. The average molecular weight is 333 g/mol. The Kier molecular flexibility index (Phi) is 4.75. The Morgan fingerprint density at radius 3 is 1.33 bits per heavy atom. The minimum Gasteiger partial charge on any atom is -0.390 e. The van der Waals surface area contributed by atoms with Gasteiger partial charge in [-0.15, -0.1) is 0 Å². The first-order chi connectivity index (χ1) is 7.95. The molecule has 2 atom stereocenters. The lowest BCUT2D eigenvalue weighted by Crippen LogP contribution is -2.75. The summed E-state index contributed by atoms with van der Waals surface area (Å²) in [5, 5.41) is 0. The molecule has 2 N–H and O–H groups in total. The molecule has 2 unspecified atom stereocenters. The highest BCUT2D eigenvalue weighted by Crippen LogP contribution is 2.35. The van der Waals surface area contributed by atoms with E-state index >= 15 is 0 Å². The summed E-state index contributed by atoms with van der Waals surface area (Å²) < 4.78 is 31.6. The summed E-state index contributed by atoms with van der Waals surface area (Å²) in [5.41, 5.74) is 0. The van der Waals surface area contributed by atoms with E-state index < -0.39 is 35.2 Å². The van der Waals surface area contributed by atoms with Crippen LogP contribution in [0.1, 0.15) is 0 Å². The number of hydrogen-bond acceptors (Lipinski definition) is 8. The van der Waals surface area contributed by atoms with E-state index in [0.29, 0.717) is 0 Å². The molecule has 0 radical (unpaired) electrons. The highest BCUT2D eigenvalue weighted by molar-refractivity contribution is 6.92. The maximum atomic E-state index is 9.75. The van der Waals surface area contributed by atoms with Crippen molar-refractivity contribution >= 4 is 35.2 Å². The van der Waals surface area contributed by atoms with Crippen molar-refractivity contribution in [3.8, 4) is 0 Å². The van der Waals surface area contributed by atoms with E-state index in [1.165, 1.54) is 27.3 Å². The van der Waals surface area contributed by atoms with E-state index in [9.17, 15) is 9.59 Å². The van der Waals surface area contributed by atoms with Crippen molar-refractivity contribution in [1.29, 1.82) is 0 Å². The van der Waals surface area contributed by atoms with E-state index in [-0.39, 0.29) is 0 Å². The van der Waals surface area contributed by atoms with Gasteiger partial charge < -0.3 is 34.9 Å². The van der Waals surface area contributed by atoms with Crippen LogP contribution in [-0.2, 0) is 25.3 Å². The fourth-order valence-electron chi connectivity index (χ4n) is 1.54. The standard InChI is InChI=1S/C6H20O8Si4/c1-9-15(3,7)11-17(5)13-18(6,14-17)12-16(4,8)10-2/h7-8H,1-6H3. The van der Waals surface area contributed by atoms with Crippen molar-refractivity contribution in [3.63, 3.8) is 0 Å². The Labute approximate surface area is 111 Å². The minimum absolute atomic E-state index is 1.36. The third kappa shape index (κ3) is 4.29. The van der Waals surface area contributed by atoms with Gasteiger partial charge in [-0.25, -0.2) is 0 Å². The van der Waals surface area contributed by atoms with Crippen molar-refractivity contribution < 1.29 is 34.9 Å². The second-order valence-corrected chi connectivity index (χ2v) is 15.5. The van der Waals surface area contributed by atoms with Gasteiger partial charge in [0.15, 0.2) is 0 Å². The first kappa shape index (κ1) is 16.6. The van der Waals surface area contributed by atoms with Crippen LogP contribution in [0.4, 0.5) is 0 Å². The van der Waals surface area contributed by atoms with E-state index in [2.05, 4.69) is 0 Å². The second-order valence-electron chi connectivity index (χ2n) is 4.34. The van der Waals surface area contributed by atoms with E-state index in [1.54, 1.807) is 13.1 Å². The second kappa shape index (κ2) is 5.15. The molecule has 18 heavy (non-hydrogen) atoms. The molecule has 0 aromatic rings. The minimum atomic E-state index is -3.22. The topological polar surface area (TPSA) is 95.8 Å². The molecule has 0 saturated carbocycles. The summed E-state index contributed by atoms with van der Waals surface area (Å²) in [6.45, 7) is 6.20. The normalized spacial score (nSPS) is 38.7. The summed E-state index contributed by atoms with van der Waals surface area (Å²) in [6.07, 6.45) is 0. The van der Waals surface area contributed by atoms with E-state index in [1.807, 2.05) is 0 Å². The van der Waals surface area contributed by atoms with Crippen molar-refractivity contribution in [2.75, 3.05) is 14.2 Å². The van der Waals surface area contributed by atoms with Gasteiger partial charge >= 0.3 is 35.2 Å². The number of rotatable bonds is 6. The smallest absolute Gasteiger partial charge is 0.390 e. The zero-order chi connectivity index (χ0) is 14.2. The molecule has 108 valence electrons. The summed E-state index contributed by atoms with van der Waals surface area (Å²) in [6, 6.07) is 0. The summed E-state index contributed by atoms with van der Waals surface area (Å²) in [4.78, 5) is 19.5. The molecule has 0 bridgehead atoms. The molecule has 0 aliphatic carbocycles. The molecule has 0 spiro atoms. The van der Waals surface area contributed by atoms with Crippen LogP contribution in [0.3, 0.4) is 0 Å². The molecule has 1 heterocycles. The molecule has 1 aliphatic rings. The number of hydrogen-bond donors (Lipinski definition) is 2.